The van der Waals surface area contributed by atoms with Crippen molar-refractivity contribution in [1.82, 2.24) is 15.0 Å². The van der Waals surface area contributed by atoms with Crippen LogP contribution in [0.5, 0.6) is 0 Å². The fraction of sp³-hybridized carbons (Fsp3) is 0.0714. The van der Waals surface area contributed by atoms with Crippen LogP contribution in [0.2, 0.25) is 0 Å². The molecule has 5 heteroatoms. The lowest BCUT2D eigenvalue weighted by Crippen LogP contribution is -2.10. The molecule has 8 aromatic rings. The number of thiophene rings is 1. The molecule has 0 saturated heterocycles. The minimum Gasteiger partial charge on any atom is -0.455 e. The number of rotatable bonds is 5. The van der Waals surface area contributed by atoms with E-state index in [9.17, 15) is 0 Å². The topological polar surface area (TPSA) is 51.8 Å². The molecule has 0 radical (unpaired) electrons. The van der Waals surface area contributed by atoms with Crippen molar-refractivity contribution in [2.75, 3.05) is 0 Å². The molecule has 3 aromatic heterocycles. The number of benzene rings is 5. The Balaban J connectivity index is 1.31. The minimum atomic E-state index is -0.00407. The Hall–Kier alpha value is -5.65. The number of allylic oxidation sites excluding steroid dienone is 5. The number of nitrogens with zero attached hydrogens (tertiary/aromatic N) is 3. The van der Waals surface area contributed by atoms with Crippen LogP contribution in [-0.4, -0.2) is 15.0 Å². The van der Waals surface area contributed by atoms with Crippen molar-refractivity contribution in [3.8, 4) is 33.9 Å². The fourth-order valence-corrected chi connectivity index (χ4v) is 8.03. The van der Waals surface area contributed by atoms with Gasteiger partial charge in [-0.1, -0.05) is 116 Å². The van der Waals surface area contributed by atoms with Gasteiger partial charge >= 0.3 is 0 Å². The van der Waals surface area contributed by atoms with E-state index in [4.69, 9.17) is 19.4 Å². The average Bonchev–Trinajstić information content (AvgIpc) is 3.71. The van der Waals surface area contributed by atoms with Crippen molar-refractivity contribution >= 4 is 53.4 Å². The number of fused-ring (bicyclic) bond motifs is 6. The Morgan fingerprint density at radius 1 is 0.702 bits per heavy atom. The SMILES string of the molecule is C=CC1=C(C)C=CC(c2nc(-c3cccc4oc5c(-c6ccccc6)cccc5c34)nc(-c3cccc4sc5ccccc5c34)n2)C1. The molecule has 5 aromatic carbocycles. The highest BCUT2D eigenvalue weighted by Crippen LogP contribution is 2.42. The minimum absolute atomic E-state index is 0.00407. The maximum Gasteiger partial charge on any atom is 0.164 e. The normalized spacial score (nSPS) is 15.0. The molecule has 0 bridgehead atoms. The van der Waals surface area contributed by atoms with E-state index in [0.29, 0.717) is 11.6 Å². The van der Waals surface area contributed by atoms with Gasteiger partial charge in [0.25, 0.3) is 0 Å². The molecule has 224 valence electrons. The van der Waals surface area contributed by atoms with Crippen molar-refractivity contribution in [3.05, 3.63) is 151 Å². The third-order valence-electron chi connectivity index (χ3n) is 9.25. The summed E-state index contributed by atoms with van der Waals surface area (Å²) in [5.74, 6) is 2.06. The van der Waals surface area contributed by atoms with Gasteiger partial charge in [-0.25, -0.2) is 15.0 Å². The van der Waals surface area contributed by atoms with Crippen LogP contribution in [0.3, 0.4) is 0 Å². The predicted octanol–water partition coefficient (Wildman–Crippen LogP) is 11.7. The van der Waals surface area contributed by atoms with E-state index >= 15 is 0 Å². The third-order valence-corrected chi connectivity index (χ3v) is 10.4. The van der Waals surface area contributed by atoms with E-state index in [2.05, 4.69) is 117 Å². The summed E-state index contributed by atoms with van der Waals surface area (Å²) >= 11 is 1.80. The van der Waals surface area contributed by atoms with Crippen LogP contribution >= 0.6 is 11.3 Å². The summed E-state index contributed by atoms with van der Waals surface area (Å²) in [5, 5.41) is 4.44. The molecule has 1 unspecified atom stereocenters. The first-order chi connectivity index (χ1) is 23.2. The number of hydrogen-bond acceptors (Lipinski definition) is 5. The van der Waals surface area contributed by atoms with E-state index in [1.54, 1.807) is 11.3 Å². The molecule has 0 spiro atoms. The van der Waals surface area contributed by atoms with Gasteiger partial charge in [-0.05, 0) is 48.3 Å². The summed E-state index contributed by atoms with van der Waals surface area (Å²) in [6.45, 7) is 6.21. The Morgan fingerprint density at radius 3 is 2.21 bits per heavy atom. The third kappa shape index (κ3) is 4.54. The molecule has 0 aliphatic heterocycles. The van der Waals surface area contributed by atoms with E-state index in [1.165, 1.54) is 31.3 Å². The lowest BCUT2D eigenvalue weighted by atomic mass is 9.89. The van der Waals surface area contributed by atoms with E-state index in [1.807, 2.05) is 24.3 Å². The highest BCUT2D eigenvalue weighted by molar-refractivity contribution is 7.25. The van der Waals surface area contributed by atoms with Crippen molar-refractivity contribution in [3.63, 3.8) is 0 Å². The van der Waals surface area contributed by atoms with E-state index < -0.39 is 0 Å². The van der Waals surface area contributed by atoms with Crippen LogP contribution in [0.4, 0.5) is 0 Å². The number of furan rings is 1. The van der Waals surface area contributed by atoms with E-state index in [-0.39, 0.29) is 5.92 Å². The van der Waals surface area contributed by atoms with Gasteiger partial charge in [0.1, 0.15) is 17.0 Å². The van der Waals surface area contributed by atoms with Crippen LogP contribution in [0.15, 0.2) is 150 Å². The average molecular weight is 624 g/mol. The molecule has 0 fully saturated rings. The number of hydrogen-bond donors (Lipinski definition) is 0. The Bertz CT molecular complexity index is 2590. The van der Waals surface area contributed by atoms with Crippen molar-refractivity contribution in [1.29, 1.82) is 0 Å². The molecule has 47 heavy (non-hydrogen) atoms. The fourth-order valence-electron chi connectivity index (χ4n) is 6.89. The summed E-state index contributed by atoms with van der Waals surface area (Å²) in [5.41, 5.74) is 8.21. The lowest BCUT2D eigenvalue weighted by Gasteiger charge is -2.19. The lowest BCUT2D eigenvalue weighted by molar-refractivity contribution is 0.670. The van der Waals surface area contributed by atoms with Gasteiger partial charge in [-0.15, -0.1) is 11.3 Å². The van der Waals surface area contributed by atoms with Crippen molar-refractivity contribution in [2.24, 2.45) is 0 Å². The summed E-state index contributed by atoms with van der Waals surface area (Å²) in [7, 11) is 0. The molecule has 1 aliphatic rings. The molecule has 0 N–H and O–H groups in total. The van der Waals surface area contributed by atoms with Crippen LogP contribution in [0.1, 0.15) is 25.1 Å². The molecule has 9 rings (SSSR count). The monoisotopic (exact) mass is 623 g/mol. The van der Waals surface area contributed by atoms with Crippen LogP contribution in [-0.2, 0) is 0 Å². The Morgan fingerprint density at radius 2 is 1.38 bits per heavy atom. The molecule has 3 heterocycles. The molecule has 4 nitrogen and oxygen atoms in total. The maximum absolute atomic E-state index is 6.60. The van der Waals surface area contributed by atoms with Gasteiger partial charge in [0.2, 0.25) is 0 Å². The van der Waals surface area contributed by atoms with Crippen molar-refractivity contribution < 1.29 is 4.42 Å². The Kier molecular flexibility index (Phi) is 6.47. The molecule has 1 atom stereocenters. The number of aromatic nitrogens is 3. The highest BCUT2D eigenvalue weighted by Gasteiger charge is 2.24. The standard InChI is InChI=1S/C42H29N3OS/c1-3-26-24-28(23-22-25(26)2)40-43-41(45-42(44-40)33-18-11-21-36-38(33)30-14-7-8-20-35(30)47-36)32-17-10-19-34-37(32)31-16-9-15-29(39(31)46-34)27-12-5-4-6-13-27/h3-23,28H,1,24H2,2H3. The van der Waals surface area contributed by atoms with Crippen molar-refractivity contribution in [2.45, 2.75) is 19.3 Å². The van der Waals surface area contributed by atoms with Crippen LogP contribution in [0, 0.1) is 0 Å². The molecular formula is C42H29N3OS. The zero-order valence-corrected chi connectivity index (χ0v) is 26.6. The van der Waals surface area contributed by atoms with Crippen LogP contribution in [0.25, 0.3) is 76.0 Å². The second kappa shape index (κ2) is 11.0. The smallest absolute Gasteiger partial charge is 0.164 e. The molecular weight excluding hydrogens is 595 g/mol. The van der Waals surface area contributed by atoms with Gasteiger partial charge in [-0.3, -0.25) is 0 Å². The second-order valence-corrected chi connectivity index (χ2v) is 13.1. The van der Waals surface area contributed by atoms with Gasteiger partial charge in [0.05, 0.1) is 0 Å². The van der Waals surface area contributed by atoms with Gasteiger partial charge in [0, 0.05) is 53.6 Å². The summed E-state index contributed by atoms with van der Waals surface area (Å²) in [6, 6.07) is 37.9. The van der Waals surface area contributed by atoms with Gasteiger partial charge in [0.15, 0.2) is 11.6 Å². The first-order valence-electron chi connectivity index (χ1n) is 15.8. The zero-order chi connectivity index (χ0) is 31.5. The zero-order valence-electron chi connectivity index (χ0n) is 25.8. The van der Waals surface area contributed by atoms with Gasteiger partial charge in [-0.2, -0.15) is 0 Å². The first kappa shape index (κ1) is 27.6. The summed E-state index contributed by atoms with van der Waals surface area (Å²) in [4.78, 5) is 15.7. The summed E-state index contributed by atoms with van der Waals surface area (Å²) in [6.07, 6.45) is 7.12. The number of para-hydroxylation sites is 1. The van der Waals surface area contributed by atoms with Gasteiger partial charge < -0.3 is 4.42 Å². The molecule has 0 amide bonds. The quantitative estimate of drug-likeness (QED) is 0.191. The predicted molar refractivity (Wildman–Crippen MR) is 196 cm³/mol. The largest absolute Gasteiger partial charge is 0.455 e. The summed E-state index contributed by atoms with van der Waals surface area (Å²) < 4.78 is 9.07. The molecule has 1 aliphatic carbocycles. The first-order valence-corrected chi connectivity index (χ1v) is 16.6. The highest BCUT2D eigenvalue weighted by atomic mass is 32.1. The van der Waals surface area contributed by atoms with E-state index in [0.717, 1.165) is 56.4 Å². The maximum atomic E-state index is 6.60. The molecule has 0 saturated carbocycles. The second-order valence-electron chi connectivity index (χ2n) is 12.0. The Labute approximate surface area is 276 Å². The van der Waals surface area contributed by atoms with Crippen LogP contribution < -0.4 is 0 Å².